The van der Waals surface area contributed by atoms with Gasteiger partial charge in [0, 0.05) is 0 Å². The number of rotatable bonds is 0. The van der Waals surface area contributed by atoms with Crippen molar-refractivity contribution in [3.05, 3.63) is 12.2 Å². The summed E-state index contributed by atoms with van der Waals surface area (Å²) >= 11 is 0. The third-order valence-electron chi connectivity index (χ3n) is 7.13. The molecule has 0 heterocycles. The van der Waals surface area contributed by atoms with Crippen LogP contribution in [0.3, 0.4) is 0 Å². The minimum atomic E-state index is 0.572. The number of hydrogen-bond acceptors (Lipinski definition) is 0. The largest absolute Gasteiger partial charge is 0.0840 e. The van der Waals surface area contributed by atoms with Crippen molar-refractivity contribution >= 4 is 0 Å². The van der Waals surface area contributed by atoms with E-state index in [0.29, 0.717) is 10.8 Å². The van der Waals surface area contributed by atoms with Crippen molar-refractivity contribution in [2.75, 3.05) is 0 Å². The molecule has 0 aromatic carbocycles. The van der Waals surface area contributed by atoms with E-state index in [9.17, 15) is 0 Å². The molecule has 3 fully saturated rings. The van der Waals surface area contributed by atoms with E-state index in [-0.39, 0.29) is 0 Å². The predicted octanol–water partition coefficient (Wildman–Crippen LogP) is 3.88. The van der Waals surface area contributed by atoms with Crippen molar-refractivity contribution in [3.63, 3.8) is 0 Å². The zero-order valence-electron chi connectivity index (χ0n) is 10.4. The summed E-state index contributed by atoms with van der Waals surface area (Å²) < 4.78 is 0. The Bertz CT molecular complexity index is 377. The van der Waals surface area contributed by atoms with Gasteiger partial charge in [-0.05, 0) is 52.8 Å². The lowest BCUT2D eigenvalue weighted by molar-refractivity contribution is 0.143. The van der Waals surface area contributed by atoms with Crippen LogP contribution in [0.15, 0.2) is 12.2 Å². The topological polar surface area (TPSA) is 0 Å². The van der Waals surface area contributed by atoms with E-state index in [1.54, 1.807) is 0 Å². The van der Waals surface area contributed by atoms with Gasteiger partial charge in [-0.1, -0.05) is 39.8 Å². The Morgan fingerprint density at radius 2 is 1.67 bits per heavy atom. The zero-order chi connectivity index (χ0) is 10.6. The van der Waals surface area contributed by atoms with Gasteiger partial charge in [-0.2, -0.15) is 0 Å². The van der Waals surface area contributed by atoms with E-state index in [4.69, 9.17) is 0 Å². The molecule has 4 aliphatic rings. The Balaban J connectivity index is 1.97. The highest BCUT2D eigenvalue weighted by molar-refractivity contribution is 5.44. The summed E-state index contributed by atoms with van der Waals surface area (Å²) in [5.74, 6) is 3.81. The molecule has 15 heavy (non-hydrogen) atoms. The summed E-state index contributed by atoms with van der Waals surface area (Å²) in [5.41, 5.74) is 1.97. The number of hydrogen-bond donors (Lipinski definition) is 0. The molecule has 1 spiro atoms. The van der Waals surface area contributed by atoms with Crippen LogP contribution in [0.25, 0.3) is 0 Å². The van der Waals surface area contributed by atoms with Gasteiger partial charge < -0.3 is 0 Å². The first-order valence-electron chi connectivity index (χ1n) is 6.66. The maximum atomic E-state index is 2.59. The monoisotopic (exact) mass is 202 g/mol. The van der Waals surface area contributed by atoms with Crippen LogP contribution in [0.2, 0.25) is 0 Å². The molecule has 0 amide bonds. The van der Waals surface area contributed by atoms with Crippen LogP contribution >= 0.6 is 0 Å². The molecule has 0 saturated heterocycles. The maximum absolute atomic E-state index is 2.59. The molecule has 4 rings (SSSR count). The highest BCUT2D eigenvalue weighted by Crippen LogP contribution is 2.93. The molecule has 4 aliphatic carbocycles. The molecular weight excluding hydrogens is 180 g/mol. The van der Waals surface area contributed by atoms with Crippen LogP contribution in [0.5, 0.6) is 0 Å². The molecule has 4 unspecified atom stereocenters. The van der Waals surface area contributed by atoms with Crippen LogP contribution in [-0.4, -0.2) is 0 Å². The minimum absolute atomic E-state index is 0.572. The Kier molecular flexibility index (Phi) is 1.15. The van der Waals surface area contributed by atoms with Crippen LogP contribution < -0.4 is 0 Å². The second-order valence-electron chi connectivity index (χ2n) is 7.41. The quantitative estimate of drug-likeness (QED) is 0.523. The molecule has 0 nitrogen and oxygen atoms in total. The lowest BCUT2D eigenvalue weighted by Crippen LogP contribution is -2.29. The van der Waals surface area contributed by atoms with Crippen molar-refractivity contribution in [1.82, 2.24) is 0 Å². The summed E-state index contributed by atoms with van der Waals surface area (Å²) in [7, 11) is 0. The Hall–Kier alpha value is -0.260. The van der Waals surface area contributed by atoms with Gasteiger partial charge in [-0.3, -0.25) is 0 Å². The van der Waals surface area contributed by atoms with Crippen LogP contribution in [-0.2, 0) is 0 Å². The SMILES string of the molecule is CC1CC[C@H]2C(C)(C)C3C=CC4C12[C@]34C. The Labute approximate surface area is 93.1 Å². The van der Waals surface area contributed by atoms with E-state index in [2.05, 4.69) is 39.8 Å². The van der Waals surface area contributed by atoms with E-state index in [1.807, 2.05) is 0 Å². The molecule has 6 atom stereocenters. The summed E-state index contributed by atoms with van der Waals surface area (Å²) in [4.78, 5) is 0. The number of allylic oxidation sites excluding steroid dienone is 2. The van der Waals surface area contributed by atoms with Gasteiger partial charge in [0.1, 0.15) is 0 Å². The molecule has 0 aromatic heterocycles. The molecule has 3 saturated carbocycles. The first-order valence-corrected chi connectivity index (χ1v) is 6.66. The average molecular weight is 202 g/mol. The van der Waals surface area contributed by atoms with E-state index in [1.165, 1.54) is 12.8 Å². The van der Waals surface area contributed by atoms with Crippen LogP contribution in [0.1, 0.15) is 40.5 Å². The van der Waals surface area contributed by atoms with E-state index < -0.39 is 0 Å². The summed E-state index contributed by atoms with van der Waals surface area (Å²) in [5, 5.41) is 0. The minimum Gasteiger partial charge on any atom is -0.0840 e. The smallest absolute Gasteiger partial charge is 0.0100 e. The predicted molar refractivity (Wildman–Crippen MR) is 62.3 cm³/mol. The second kappa shape index (κ2) is 1.96. The molecule has 0 aromatic rings. The van der Waals surface area contributed by atoms with Gasteiger partial charge in [0.2, 0.25) is 0 Å². The van der Waals surface area contributed by atoms with Gasteiger partial charge in [-0.25, -0.2) is 0 Å². The summed E-state index contributed by atoms with van der Waals surface area (Å²) in [6.45, 7) is 10.2. The van der Waals surface area contributed by atoms with Gasteiger partial charge in [0.15, 0.2) is 0 Å². The molecule has 82 valence electrons. The van der Waals surface area contributed by atoms with Crippen molar-refractivity contribution in [2.45, 2.75) is 40.5 Å². The van der Waals surface area contributed by atoms with Gasteiger partial charge in [0.05, 0.1) is 0 Å². The van der Waals surface area contributed by atoms with Crippen LogP contribution in [0.4, 0.5) is 0 Å². The highest BCUT2D eigenvalue weighted by Gasteiger charge is 2.89. The van der Waals surface area contributed by atoms with E-state index in [0.717, 1.165) is 29.1 Å². The normalized spacial score (nSPS) is 66.9. The Morgan fingerprint density at radius 1 is 1.00 bits per heavy atom. The van der Waals surface area contributed by atoms with E-state index >= 15 is 0 Å². The molecule has 0 bridgehead atoms. The lowest BCUT2D eigenvalue weighted by atomic mass is 9.69. The zero-order valence-corrected chi connectivity index (χ0v) is 10.4. The van der Waals surface area contributed by atoms with Crippen molar-refractivity contribution < 1.29 is 0 Å². The molecule has 0 aliphatic heterocycles. The summed E-state index contributed by atoms with van der Waals surface area (Å²) in [6.07, 6.45) is 8.12. The third kappa shape index (κ3) is 0.549. The average Bonchev–Trinajstić information content (AvgIpc) is 2.48. The van der Waals surface area contributed by atoms with Crippen molar-refractivity contribution in [3.8, 4) is 0 Å². The molecule has 0 N–H and O–H groups in total. The van der Waals surface area contributed by atoms with Crippen molar-refractivity contribution in [2.24, 2.45) is 39.9 Å². The standard InChI is InChI=1S/C15H22/c1-9-5-6-11-13(2,3)10-7-8-12-14(10,4)15(9,11)12/h7-12H,5-6H2,1-4H3/t9?,10?,11-,12?,14+,15?/m0/s1. The summed E-state index contributed by atoms with van der Waals surface area (Å²) in [6, 6.07) is 0. The second-order valence-corrected chi connectivity index (χ2v) is 7.41. The molecular formula is C15H22. The first kappa shape index (κ1) is 8.84. The molecule has 0 heteroatoms. The molecule has 0 radical (unpaired) electrons. The van der Waals surface area contributed by atoms with Crippen molar-refractivity contribution in [1.29, 1.82) is 0 Å². The fraction of sp³-hybridized carbons (Fsp3) is 0.867. The van der Waals surface area contributed by atoms with Gasteiger partial charge in [-0.15, -0.1) is 0 Å². The maximum Gasteiger partial charge on any atom is -0.0100 e. The fourth-order valence-corrected chi connectivity index (χ4v) is 6.87. The fourth-order valence-electron chi connectivity index (χ4n) is 6.87. The first-order chi connectivity index (χ1) is 6.98. The lowest BCUT2D eigenvalue weighted by Gasteiger charge is -2.35. The highest BCUT2D eigenvalue weighted by atomic mass is 14.9. The van der Waals surface area contributed by atoms with Crippen LogP contribution in [0, 0.1) is 39.9 Å². The third-order valence-corrected chi connectivity index (χ3v) is 7.13. The Morgan fingerprint density at radius 3 is 2.40 bits per heavy atom. The van der Waals surface area contributed by atoms with Gasteiger partial charge in [0.25, 0.3) is 0 Å². The van der Waals surface area contributed by atoms with Gasteiger partial charge >= 0.3 is 0 Å².